The molecule has 3 aliphatic heterocycles. The van der Waals surface area contributed by atoms with Crippen LogP contribution in [-0.2, 0) is 39.8 Å². The van der Waals surface area contributed by atoms with E-state index in [-0.39, 0.29) is 40.8 Å². The number of aromatic hydroxyl groups is 2. The summed E-state index contributed by atoms with van der Waals surface area (Å²) < 4.78 is 30.5. The number of ketones is 3. The van der Waals surface area contributed by atoms with Gasteiger partial charge in [0.05, 0.1) is 54.3 Å². The molecule has 3 heterocycles. The number of imide groups is 2. The van der Waals surface area contributed by atoms with Crippen molar-refractivity contribution < 1.29 is 72.9 Å². The molecule has 4 amide bonds. The van der Waals surface area contributed by atoms with Crippen LogP contribution in [0.4, 0.5) is 4.79 Å². The Kier molecular flexibility index (Phi) is 10.3. The average molecular weight is 782 g/mol. The maximum absolute atomic E-state index is 14.0. The van der Waals surface area contributed by atoms with Crippen molar-refractivity contribution in [2.24, 2.45) is 5.92 Å². The van der Waals surface area contributed by atoms with Gasteiger partial charge in [0.1, 0.15) is 34.9 Å². The fraction of sp³-hybridized carbons (Fsp3) is 0.526. The van der Waals surface area contributed by atoms with E-state index in [0.717, 1.165) is 6.92 Å². The third-order valence-electron chi connectivity index (χ3n) is 11.2. The number of methoxy groups -OCH3 is 1. The molecule has 10 atom stereocenters. The van der Waals surface area contributed by atoms with E-state index in [9.17, 15) is 49.2 Å². The molecule has 2 aromatic carbocycles. The van der Waals surface area contributed by atoms with Crippen LogP contribution in [0.25, 0.3) is 0 Å². The zero-order chi connectivity index (χ0) is 40.5. The van der Waals surface area contributed by atoms with Gasteiger partial charge in [0.2, 0.25) is 17.6 Å². The molecule has 2 aromatic rings. The zero-order valence-corrected chi connectivity index (χ0v) is 31.1. The molecule has 18 nitrogen and oxygen atoms in total. The SMILES string of the molecule is COc1cccc2c1C(=O)c1c(O)c3c(c(O)c1C2=O)CC(O)(C(C)=O)CC3OC1CC2NC(C3C(=O)NC(=O)NC3=O)C(C)OC(CC(C)O)OC2C(C)O1. The van der Waals surface area contributed by atoms with Crippen molar-refractivity contribution in [3.05, 3.63) is 51.6 Å². The molecular formula is C38H43N3O15. The Morgan fingerprint density at radius 1 is 0.964 bits per heavy atom. The molecule has 0 aromatic heterocycles. The predicted octanol–water partition coefficient (Wildman–Crippen LogP) is 0.551. The number of aliphatic hydroxyl groups excluding tert-OH is 1. The van der Waals surface area contributed by atoms with Crippen LogP contribution in [0, 0.1) is 5.92 Å². The van der Waals surface area contributed by atoms with E-state index in [2.05, 4.69) is 16.0 Å². The van der Waals surface area contributed by atoms with Gasteiger partial charge in [-0.15, -0.1) is 0 Å². The second-order valence-electron chi connectivity index (χ2n) is 15.0. The third kappa shape index (κ3) is 6.63. The summed E-state index contributed by atoms with van der Waals surface area (Å²) in [5.41, 5.74) is -3.63. The number of ether oxygens (including phenoxy) is 5. The van der Waals surface area contributed by atoms with Crippen LogP contribution in [0.2, 0.25) is 0 Å². The molecule has 0 saturated carbocycles. The number of carbonyl (C=O) groups excluding carboxylic acids is 6. The van der Waals surface area contributed by atoms with Crippen molar-refractivity contribution in [3.8, 4) is 17.2 Å². The van der Waals surface area contributed by atoms with Crippen LogP contribution in [0.1, 0.15) is 96.0 Å². The fourth-order valence-electron chi connectivity index (χ4n) is 8.51. The summed E-state index contributed by atoms with van der Waals surface area (Å²) in [5, 5.41) is 53.0. The van der Waals surface area contributed by atoms with Gasteiger partial charge in [-0.25, -0.2) is 4.79 Å². The lowest BCUT2D eigenvalue weighted by atomic mass is 9.72. The summed E-state index contributed by atoms with van der Waals surface area (Å²) in [6.07, 6.45) is -8.08. The molecular weight excluding hydrogens is 738 g/mol. The quantitative estimate of drug-likeness (QED) is 0.127. The maximum Gasteiger partial charge on any atom is 0.328 e. The molecule has 0 radical (unpaired) electrons. The lowest BCUT2D eigenvalue weighted by Crippen LogP contribution is -2.68. The third-order valence-corrected chi connectivity index (χ3v) is 11.2. The van der Waals surface area contributed by atoms with Crippen molar-refractivity contribution in [1.29, 1.82) is 0 Å². The zero-order valence-electron chi connectivity index (χ0n) is 31.1. The molecule has 0 spiro atoms. The molecule has 3 fully saturated rings. The number of aliphatic hydroxyl groups is 2. The Balaban J connectivity index is 1.27. The number of Topliss-reactive ketones (excluding diaryl/α,β-unsaturated/α-hetero) is 1. The van der Waals surface area contributed by atoms with Crippen molar-refractivity contribution in [2.75, 3.05) is 7.11 Å². The highest BCUT2D eigenvalue weighted by Gasteiger charge is 2.52. The van der Waals surface area contributed by atoms with Crippen LogP contribution >= 0.6 is 0 Å². The van der Waals surface area contributed by atoms with Crippen molar-refractivity contribution in [2.45, 2.75) is 114 Å². The first-order chi connectivity index (χ1) is 26.4. The molecule has 10 unspecified atom stereocenters. The fourth-order valence-corrected chi connectivity index (χ4v) is 8.51. The van der Waals surface area contributed by atoms with E-state index in [1.165, 1.54) is 32.2 Å². The number of phenols is 2. The highest BCUT2D eigenvalue weighted by molar-refractivity contribution is 6.31. The molecule has 5 aliphatic rings. The largest absolute Gasteiger partial charge is 0.507 e. The first kappa shape index (κ1) is 39.4. The van der Waals surface area contributed by atoms with Crippen LogP contribution in [0.3, 0.4) is 0 Å². The van der Waals surface area contributed by atoms with Gasteiger partial charge in [-0.2, -0.15) is 0 Å². The van der Waals surface area contributed by atoms with Gasteiger partial charge in [0.25, 0.3) is 0 Å². The number of hydrogen-bond donors (Lipinski definition) is 7. The number of hydrogen-bond acceptors (Lipinski definition) is 16. The smallest absolute Gasteiger partial charge is 0.328 e. The number of barbiturate groups is 1. The second kappa shape index (κ2) is 14.6. The molecule has 56 heavy (non-hydrogen) atoms. The van der Waals surface area contributed by atoms with E-state index in [1.807, 2.05) is 0 Å². The number of fused-ring (bicyclic) bond motifs is 4. The lowest BCUT2D eigenvalue weighted by Gasteiger charge is -2.48. The molecule has 7 rings (SSSR count). The van der Waals surface area contributed by atoms with Crippen molar-refractivity contribution in [3.63, 3.8) is 0 Å². The summed E-state index contributed by atoms with van der Waals surface area (Å²) in [7, 11) is 1.31. The number of benzene rings is 2. The number of rotatable bonds is 7. The van der Waals surface area contributed by atoms with Gasteiger partial charge >= 0.3 is 6.03 Å². The number of phenolic OH excluding ortho intramolecular Hbond substituents is 2. The van der Waals surface area contributed by atoms with Gasteiger partial charge in [-0.3, -0.25) is 34.6 Å². The molecule has 18 heteroatoms. The molecule has 300 valence electrons. The summed E-state index contributed by atoms with van der Waals surface area (Å²) in [4.78, 5) is 78.8. The highest BCUT2D eigenvalue weighted by Crippen LogP contribution is 2.52. The average Bonchev–Trinajstić information content (AvgIpc) is 3.11. The monoisotopic (exact) mass is 781 g/mol. The summed E-state index contributed by atoms with van der Waals surface area (Å²) >= 11 is 0. The highest BCUT2D eigenvalue weighted by atomic mass is 16.7. The number of carbonyl (C=O) groups is 6. The Bertz CT molecular complexity index is 2010. The molecule has 2 aliphatic carbocycles. The standard InChI is InChI=1S/C38H43N3O15/c1-13(42)9-22-53-14(2)29(28-35(48)40-37(50)41-36(28)49)39-19-10-23(54-15(3)34(19)56-22)55-21-12-38(51,16(4)43)11-18-25(21)33(47)27-26(31(18)45)30(44)17-7-6-8-20(52-5)24(17)32(27)46/h6-8,13-15,19,21-23,28-29,34,39,42,45,47,51H,9-12H2,1-5H3,(H2,40,41,48,49,50). The summed E-state index contributed by atoms with van der Waals surface area (Å²) in [6.45, 7) is 5.94. The Morgan fingerprint density at radius 2 is 1.64 bits per heavy atom. The summed E-state index contributed by atoms with van der Waals surface area (Å²) in [5.74, 6) is -6.76. The minimum Gasteiger partial charge on any atom is -0.507 e. The van der Waals surface area contributed by atoms with Crippen molar-refractivity contribution >= 4 is 35.2 Å². The minimum absolute atomic E-state index is 0.0155. The first-order valence-electron chi connectivity index (χ1n) is 18.3. The number of nitrogens with one attached hydrogen (secondary N) is 3. The van der Waals surface area contributed by atoms with E-state index >= 15 is 0 Å². The topological polar surface area (TPSA) is 266 Å². The predicted molar refractivity (Wildman–Crippen MR) is 188 cm³/mol. The van der Waals surface area contributed by atoms with Crippen LogP contribution in [0.5, 0.6) is 17.2 Å². The van der Waals surface area contributed by atoms with Gasteiger partial charge in [-0.1, -0.05) is 12.1 Å². The Morgan fingerprint density at radius 3 is 2.29 bits per heavy atom. The Labute approximate surface area is 319 Å². The number of urea groups is 1. The van der Waals surface area contributed by atoms with Crippen LogP contribution < -0.4 is 20.7 Å². The molecule has 7 N–H and O–H groups in total. The van der Waals surface area contributed by atoms with Gasteiger partial charge in [-0.05, 0) is 33.8 Å². The van der Waals surface area contributed by atoms with Crippen molar-refractivity contribution in [1.82, 2.24) is 16.0 Å². The number of amides is 4. The van der Waals surface area contributed by atoms with Gasteiger partial charge in [0.15, 0.2) is 24.1 Å². The normalized spacial score (nSPS) is 32.4. The maximum atomic E-state index is 14.0. The van der Waals surface area contributed by atoms with E-state index in [0.29, 0.717) is 0 Å². The second-order valence-corrected chi connectivity index (χ2v) is 15.0. The van der Waals surface area contributed by atoms with E-state index < -0.39 is 137 Å². The van der Waals surface area contributed by atoms with E-state index in [1.54, 1.807) is 13.8 Å². The minimum atomic E-state index is -2.14. The molecule has 3 saturated heterocycles. The van der Waals surface area contributed by atoms with Gasteiger partial charge in [0, 0.05) is 48.4 Å². The summed E-state index contributed by atoms with van der Waals surface area (Å²) in [6, 6.07) is 1.57. The van der Waals surface area contributed by atoms with E-state index in [4.69, 9.17) is 23.7 Å². The Hall–Kier alpha value is -4.82. The van der Waals surface area contributed by atoms with Crippen LogP contribution in [-0.4, -0.2) is 117 Å². The van der Waals surface area contributed by atoms with Crippen LogP contribution in [0.15, 0.2) is 18.2 Å². The van der Waals surface area contributed by atoms with Gasteiger partial charge < -0.3 is 49.4 Å². The lowest BCUT2D eigenvalue weighted by molar-refractivity contribution is -0.297. The first-order valence-corrected chi connectivity index (χ1v) is 18.3. The molecule has 0 bridgehead atoms.